The third kappa shape index (κ3) is 12.1. The summed E-state index contributed by atoms with van der Waals surface area (Å²) in [7, 11) is 0. The standard InChI is InChI=1S/C30H51N3O4S/c1-10-12-13-16-33(28(35)25(15-17-38-9)32-29(36)37-30(6,7)8)26(27(34)31-23(5)14-11-2)24-19-21(3)18-22(4)20-24/h18-20,23,25-26H,10-17H2,1-9H3,(H,31,34)(H,32,36). The Balaban J connectivity index is 3.54. The molecular weight excluding hydrogens is 498 g/mol. The number of carbonyl (C=O) groups excluding carboxylic acids is 3. The molecule has 1 aromatic carbocycles. The number of ether oxygens (including phenoxy) is 1. The highest BCUT2D eigenvalue weighted by Crippen LogP contribution is 2.26. The predicted molar refractivity (Wildman–Crippen MR) is 159 cm³/mol. The molecule has 0 fully saturated rings. The molecule has 7 nitrogen and oxygen atoms in total. The number of nitrogens with one attached hydrogen (secondary N) is 2. The molecule has 8 heteroatoms. The van der Waals surface area contributed by atoms with Gasteiger partial charge < -0.3 is 20.3 Å². The zero-order valence-corrected chi connectivity index (χ0v) is 25.9. The van der Waals surface area contributed by atoms with Gasteiger partial charge in [0.15, 0.2) is 0 Å². The maximum Gasteiger partial charge on any atom is 0.408 e. The van der Waals surface area contributed by atoms with Crippen LogP contribution in [0.3, 0.4) is 0 Å². The summed E-state index contributed by atoms with van der Waals surface area (Å²) in [5.41, 5.74) is 2.17. The topological polar surface area (TPSA) is 87.7 Å². The SMILES string of the molecule is CCCCCN(C(=O)C(CCSC)NC(=O)OC(C)(C)C)C(C(=O)NC(C)CCC)c1cc(C)cc(C)c1. The molecule has 0 radical (unpaired) electrons. The lowest BCUT2D eigenvalue weighted by Crippen LogP contribution is -2.54. The Morgan fingerprint density at radius 1 is 0.974 bits per heavy atom. The molecule has 38 heavy (non-hydrogen) atoms. The number of unbranched alkanes of at least 4 members (excludes halogenated alkanes) is 2. The van der Waals surface area contributed by atoms with Crippen molar-refractivity contribution >= 4 is 29.7 Å². The van der Waals surface area contributed by atoms with Gasteiger partial charge in [0, 0.05) is 12.6 Å². The monoisotopic (exact) mass is 549 g/mol. The zero-order chi connectivity index (χ0) is 28.9. The van der Waals surface area contributed by atoms with E-state index >= 15 is 0 Å². The van der Waals surface area contributed by atoms with Crippen molar-refractivity contribution in [3.05, 3.63) is 34.9 Å². The molecule has 0 saturated heterocycles. The first-order valence-electron chi connectivity index (χ1n) is 14.0. The summed E-state index contributed by atoms with van der Waals surface area (Å²) in [4.78, 5) is 42.5. The molecule has 0 bridgehead atoms. The number of nitrogens with zero attached hydrogens (tertiary/aromatic N) is 1. The van der Waals surface area contributed by atoms with E-state index in [-0.39, 0.29) is 17.9 Å². The highest BCUT2D eigenvalue weighted by molar-refractivity contribution is 7.98. The lowest BCUT2D eigenvalue weighted by atomic mass is 9.97. The Labute approximate surface area is 235 Å². The van der Waals surface area contributed by atoms with Crippen LogP contribution in [0.1, 0.15) is 103 Å². The molecular formula is C30H51N3O4S. The quantitative estimate of drug-likeness (QED) is 0.250. The van der Waals surface area contributed by atoms with Gasteiger partial charge in [-0.2, -0.15) is 11.8 Å². The number of rotatable bonds is 15. The van der Waals surface area contributed by atoms with E-state index in [4.69, 9.17) is 4.74 Å². The molecule has 0 heterocycles. The Morgan fingerprint density at radius 2 is 1.61 bits per heavy atom. The third-order valence-electron chi connectivity index (χ3n) is 6.12. The van der Waals surface area contributed by atoms with Gasteiger partial charge >= 0.3 is 6.09 Å². The maximum atomic E-state index is 14.2. The van der Waals surface area contributed by atoms with Crippen LogP contribution in [0.5, 0.6) is 0 Å². The van der Waals surface area contributed by atoms with Gasteiger partial charge in [-0.3, -0.25) is 9.59 Å². The Kier molecular flexibility index (Phi) is 14.8. The Hall–Kier alpha value is -2.22. The molecule has 3 atom stereocenters. The van der Waals surface area contributed by atoms with Crippen LogP contribution in [-0.4, -0.2) is 59.0 Å². The van der Waals surface area contributed by atoms with Gasteiger partial charge in [0.05, 0.1) is 0 Å². The summed E-state index contributed by atoms with van der Waals surface area (Å²) >= 11 is 1.61. The molecule has 0 aliphatic heterocycles. The van der Waals surface area contributed by atoms with Crippen LogP contribution < -0.4 is 10.6 Å². The third-order valence-corrected chi connectivity index (χ3v) is 6.76. The van der Waals surface area contributed by atoms with Crippen molar-refractivity contribution in [2.45, 2.75) is 118 Å². The van der Waals surface area contributed by atoms with Gasteiger partial charge in [-0.05, 0) is 78.4 Å². The van der Waals surface area contributed by atoms with Crippen molar-refractivity contribution < 1.29 is 19.1 Å². The second kappa shape index (κ2) is 16.7. The van der Waals surface area contributed by atoms with Gasteiger partial charge in [0.1, 0.15) is 17.7 Å². The molecule has 0 saturated carbocycles. The van der Waals surface area contributed by atoms with Gasteiger partial charge in [-0.1, -0.05) is 62.4 Å². The molecule has 216 valence electrons. The highest BCUT2D eigenvalue weighted by atomic mass is 32.2. The van der Waals surface area contributed by atoms with E-state index in [9.17, 15) is 14.4 Å². The number of amides is 3. The van der Waals surface area contributed by atoms with E-state index in [2.05, 4.69) is 30.5 Å². The average Bonchev–Trinajstić information content (AvgIpc) is 2.79. The fraction of sp³-hybridized carbons (Fsp3) is 0.700. The van der Waals surface area contributed by atoms with Crippen molar-refractivity contribution in [3.8, 4) is 0 Å². The van der Waals surface area contributed by atoms with Crippen LogP contribution >= 0.6 is 11.8 Å². The largest absolute Gasteiger partial charge is 0.444 e. The van der Waals surface area contributed by atoms with Crippen molar-refractivity contribution in [3.63, 3.8) is 0 Å². The molecule has 1 aromatic rings. The van der Waals surface area contributed by atoms with E-state index in [0.717, 1.165) is 48.8 Å². The number of thioether (sulfide) groups is 1. The normalized spacial score (nSPS) is 13.8. The molecule has 0 spiro atoms. The first-order valence-corrected chi connectivity index (χ1v) is 15.4. The highest BCUT2D eigenvalue weighted by Gasteiger charge is 2.36. The fourth-order valence-corrected chi connectivity index (χ4v) is 4.98. The van der Waals surface area contributed by atoms with Crippen LogP contribution in [0.25, 0.3) is 0 Å². The molecule has 3 unspecified atom stereocenters. The van der Waals surface area contributed by atoms with Crippen molar-refractivity contribution in [2.75, 3.05) is 18.6 Å². The second-order valence-corrected chi connectivity index (χ2v) is 12.2. The van der Waals surface area contributed by atoms with Crippen LogP contribution in [0.15, 0.2) is 18.2 Å². The first kappa shape index (κ1) is 33.8. The number of aryl methyl sites for hydroxylation is 2. The summed E-state index contributed by atoms with van der Waals surface area (Å²) in [6.45, 7) is 16.0. The first-order chi connectivity index (χ1) is 17.8. The second-order valence-electron chi connectivity index (χ2n) is 11.2. The van der Waals surface area contributed by atoms with Crippen molar-refractivity contribution in [1.82, 2.24) is 15.5 Å². The number of carbonyl (C=O) groups is 3. The fourth-order valence-electron chi connectivity index (χ4n) is 4.51. The minimum atomic E-state index is -0.798. The summed E-state index contributed by atoms with van der Waals surface area (Å²) in [5, 5.41) is 5.96. The predicted octanol–water partition coefficient (Wildman–Crippen LogP) is 6.31. The minimum absolute atomic E-state index is 0.0133. The zero-order valence-electron chi connectivity index (χ0n) is 25.1. The lowest BCUT2D eigenvalue weighted by Gasteiger charge is -2.35. The molecule has 0 aliphatic rings. The molecule has 0 aliphatic carbocycles. The summed E-state index contributed by atoms with van der Waals surface area (Å²) in [6.07, 6.45) is 6.27. The van der Waals surface area contributed by atoms with Gasteiger partial charge in [0.2, 0.25) is 11.8 Å². The van der Waals surface area contributed by atoms with E-state index in [1.54, 1.807) is 37.4 Å². The van der Waals surface area contributed by atoms with Gasteiger partial charge in [0.25, 0.3) is 0 Å². The number of hydrogen-bond acceptors (Lipinski definition) is 5. The summed E-state index contributed by atoms with van der Waals surface area (Å²) in [5.74, 6) is 0.230. The summed E-state index contributed by atoms with van der Waals surface area (Å²) < 4.78 is 5.47. The molecule has 3 amide bonds. The smallest absolute Gasteiger partial charge is 0.408 e. The average molecular weight is 550 g/mol. The summed E-state index contributed by atoms with van der Waals surface area (Å²) in [6, 6.07) is 4.43. The Bertz CT molecular complexity index is 880. The van der Waals surface area contributed by atoms with Crippen molar-refractivity contribution in [2.24, 2.45) is 0 Å². The lowest BCUT2D eigenvalue weighted by molar-refractivity contribution is -0.143. The van der Waals surface area contributed by atoms with Crippen LogP contribution in [0.4, 0.5) is 4.79 Å². The molecule has 2 N–H and O–H groups in total. The number of hydrogen-bond donors (Lipinski definition) is 2. The van der Waals surface area contributed by atoms with E-state index in [0.29, 0.717) is 18.7 Å². The van der Waals surface area contributed by atoms with Crippen LogP contribution in [0.2, 0.25) is 0 Å². The van der Waals surface area contributed by atoms with Crippen molar-refractivity contribution in [1.29, 1.82) is 0 Å². The minimum Gasteiger partial charge on any atom is -0.444 e. The molecule has 1 rings (SSSR count). The number of benzene rings is 1. The van der Waals surface area contributed by atoms with Gasteiger partial charge in [-0.15, -0.1) is 0 Å². The van der Waals surface area contributed by atoms with E-state index in [1.807, 2.05) is 39.2 Å². The molecule has 0 aromatic heterocycles. The van der Waals surface area contributed by atoms with Crippen LogP contribution in [0, 0.1) is 13.8 Å². The van der Waals surface area contributed by atoms with Crippen LogP contribution in [-0.2, 0) is 14.3 Å². The van der Waals surface area contributed by atoms with E-state index in [1.165, 1.54) is 0 Å². The Morgan fingerprint density at radius 3 is 2.13 bits per heavy atom. The van der Waals surface area contributed by atoms with Gasteiger partial charge in [-0.25, -0.2) is 4.79 Å². The van der Waals surface area contributed by atoms with E-state index < -0.39 is 23.8 Å². The number of alkyl carbamates (subject to hydrolysis) is 1. The maximum absolute atomic E-state index is 14.2.